The molecule has 2 aromatic rings. The molecule has 4 rings (SSSR count). The lowest BCUT2D eigenvalue weighted by Crippen LogP contribution is -2.27. The molecule has 0 N–H and O–H groups in total. The van der Waals surface area contributed by atoms with E-state index in [0.29, 0.717) is 12.2 Å². The van der Waals surface area contributed by atoms with Gasteiger partial charge in [-0.25, -0.2) is 0 Å². The average Bonchev–Trinajstić information content (AvgIpc) is 3.10. The van der Waals surface area contributed by atoms with Gasteiger partial charge < -0.3 is 28.4 Å². The molecule has 260 valence electrons. The summed E-state index contributed by atoms with van der Waals surface area (Å²) in [6.07, 6.45) is 19.4. The molecule has 2 aromatic carbocycles. The zero-order valence-corrected chi connectivity index (χ0v) is 29.5. The van der Waals surface area contributed by atoms with Gasteiger partial charge in [0.15, 0.2) is 12.6 Å². The van der Waals surface area contributed by atoms with E-state index in [4.69, 9.17) is 28.4 Å². The maximum atomic E-state index is 6.15. The van der Waals surface area contributed by atoms with E-state index in [2.05, 4.69) is 52.0 Å². The van der Waals surface area contributed by atoms with Crippen molar-refractivity contribution in [2.45, 2.75) is 155 Å². The summed E-state index contributed by atoms with van der Waals surface area (Å²) in [4.78, 5) is 0. The second kappa shape index (κ2) is 24.1. The molecular weight excluding hydrogens is 576 g/mol. The van der Waals surface area contributed by atoms with Crippen molar-refractivity contribution >= 4 is 0 Å². The minimum Gasteiger partial charge on any atom is -0.494 e. The van der Waals surface area contributed by atoms with Gasteiger partial charge in [0.25, 0.3) is 0 Å². The molecule has 0 aromatic heterocycles. The van der Waals surface area contributed by atoms with Gasteiger partial charge in [-0.2, -0.15) is 0 Å². The van der Waals surface area contributed by atoms with Gasteiger partial charge in [0.05, 0.1) is 38.6 Å². The molecule has 4 atom stereocenters. The second-order valence-corrected chi connectivity index (χ2v) is 12.7. The smallest absolute Gasteiger partial charge is 0.184 e. The van der Waals surface area contributed by atoms with Crippen LogP contribution in [-0.4, -0.2) is 38.6 Å². The topological polar surface area (TPSA) is 55.4 Å². The summed E-state index contributed by atoms with van der Waals surface area (Å²) in [5.41, 5.74) is 2.18. The summed E-state index contributed by atoms with van der Waals surface area (Å²) in [6.45, 7) is 12.0. The van der Waals surface area contributed by atoms with Crippen LogP contribution in [0.5, 0.6) is 11.5 Å². The zero-order valence-electron chi connectivity index (χ0n) is 29.5. The van der Waals surface area contributed by atoms with Gasteiger partial charge in [0, 0.05) is 11.1 Å². The molecule has 4 unspecified atom stereocenters. The van der Waals surface area contributed by atoms with Gasteiger partial charge >= 0.3 is 0 Å². The first-order valence-corrected chi connectivity index (χ1v) is 18.7. The first-order valence-electron chi connectivity index (χ1n) is 18.7. The lowest BCUT2D eigenvalue weighted by molar-refractivity contribution is -0.218. The van der Waals surface area contributed by atoms with Gasteiger partial charge in [0.2, 0.25) is 0 Å². The quantitative estimate of drug-likeness (QED) is 0.134. The van der Waals surface area contributed by atoms with Crippen molar-refractivity contribution in [2.75, 3.05) is 26.4 Å². The molecule has 2 heterocycles. The Bertz CT molecular complexity index is 994. The van der Waals surface area contributed by atoms with E-state index >= 15 is 0 Å². The predicted octanol–water partition coefficient (Wildman–Crippen LogP) is 11.3. The largest absolute Gasteiger partial charge is 0.494 e. The third-order valence-corrected chi connectivity index (χ3v) is 8.65. The number of hydrogen-bond acceptors (Lipinski definition) is 6. The lowest BCUT2D eigenvalue weighted by Gasteiger charge is -2.30. The van der Waals surface area contributed by atoms with E-state index in [9.17, 15) is 0 Å². The van der Waals surface area contributed by atoms with Crippen LogP contribution in [0.1, 0.15) is 154 Å². The van der Waals surface area contributed by atoms with Crippen LogP contribution in [0.2, 0.25) is 0 Å². The van der Waals surface area contributed by atoms with Crippen molar-refractivity contribution in [3.05, 3.63) is 59.7 Å². The molecule has 6 nitrogen and oxygen atoms in total. The van der Waals surface area contributed by atoms with Crippen molar-refractivity contribution in [1.29, 1.82) is 0 Å². The third-order valence-electron chi connectivity index (χ3n) is 8.65. The lowest BCUT2D eigenvalue weighted by atomic mass is 10.1. The third kappa shape index (κ3) is 15.2. The van der Waals surface area contributed by atoms with E-state index < -0.39 is 0 Å². The van der Waals surface area contributed by atoms with Crippen molar-refractivity contribution in [2.24, 2.45) is 0 Å². The molecule has 2 saturated heterocycles. The summed E-state index contributed by atoms with van der Waals surface area (Å²) in [6, 6.07) is 16.3. The number of unbranched alkanes of at least 4 members (excludes halogenated alkanes) is 8. The highest BCUT2D eigenvalue weighted by Gasteiger charge is 2.25. The van der Waals surface area contributed by atoms with Gasteiger partial charge in [-0.15, -0.1) is 0 Å². The fourth-order valence-corrected chi connectivity index (χ4v) is 5.66. The van der Waals surface area contributed by atoms with E-state index in [0.717, 1.165) is 100 Å². The van der Waals surface area contributed by atoms with Crippen molar-refractivity contribution < 1.29 is 28.4 Å². The minimum absolute atomic E-state index is 0.218. The number of rotatable bonds is 20. The summed E-state index contributed by atoms with van der Waals surface area (Å²) in [5.74, 6) is 1.85. The highest BCUT2D eigenvalue weighted by molar-refractivity contribution is 5.29. The Kier molecular flexibility index (Phi) is 20.1. The molecule has 0 aliphatic carbocycles. The van der Waals surface area contributed by atoms with Crippen LogP contribution in [0.15, 0.2) is 48.5 Å². The SMILES string of the molecule is CCCCCC1CCOC(c2ccc(OCCCC)cc2)O1.CCCCCCCC1CCOC(c2ccc(OCCCC)cc2)O1. The van der Waals surface area contributed by atoms with E-state index in [1.807, 2.05) is 24.3 Å². The molecule has 2 fully saturated rings. The Morgan fingerprint density at radius 2 is 0.891 bits per heavy atom. The standard InChI is InChI=1S/C21H34O3.C19H30O3/c1-3-5-7-8-9-10-20-15-17-23-21(24-20)18-11-13-19(14-12-18)22-16-6-4-2;1-3-5-7-8-18-13-15-21-19(22-18)16-9-11-17(12-10-16)20-14-6-4-2/h11-14,20-21H,3-10,15-17H2,1-2H3;9-12,18-19H,3-8,13-15H2,1-2H3. The predicted molar refractivity (Wildman–Crippen MR) is 188 cm³/mol. The van der Waals surface area contributed by atoms with E-state index in [-0.39, 0.29) is 12.6 Å². The molecule has 0 amide bonds. The van der Waals surface area contributed by atoms with Crippen molar-refractivity contribution in [3.8, 4) is 11.5 Å². The van der Waals surface area contributed by atoms with Gasteiger partial charge in [-0.1, -0.05) is 116 Å². The van der Waals surface area contributed by atoms with Crippen LogP contribution in [0.25, 0.3) is 0 Å². The Morgan fingerprint density at radius 1 is 0.500 bits per heavy atom. The van der Waals surface area contributed by atoms with Crippen LogP contribution in [0.3, 0.4) is 0 Å². The molecule has 0 spiro atoms. The molecule has 0 bridgehead atoms. The molecule has 46 heavy (non-hydrogen) atoms. The van der Waals surface area contributed by atoms with Gasteiger partial charge in [0.1, 0.15) is 11.5 Å². The number of ether oxygens (including phenoxy) is 6. The van der Waals surface area contributed by atoms with Crippen LogP contribution >= 0.6 is 0 Å². The molecule has 0 radical (unpaired) electrons. The average molecular weight is 641 g/mol. The number of benzene rings is 2. The Labute approximate surface area is 280 Å². The fourth-order valence-electron chi connectivity index (χ4n) is 5.66. The second-order valence-electron chi connectivity index (χ2n) is 12.7. The summed E-state index contributed by atoms with van der Waals surface area (Å²) in [5, 5.41) is 0. The molecule has 2 aliphatic rings. The van der Waals surface area contributed by atoms with Gasteiger partial charge in [-0.3, -0.25) is 0 Å². The highest BCUT2D eigenvalue weighted by atomic mass is 16.7. The first-order chi connectivity index (χ1) is 22.7. The Hall–Kier alpha value is -2.12. The maximum Gasteiger partial charge on any atom is 0.184 e. The van der Waals surface area contributed by atoms with Gasteiger partial charge in [-0.05, 0) is 62.8 Å². The summed E-state index contributed by atoms with van der Waals surface area (Å²) in [7, 11) is 0. The zero-order chi connectivity index (χ0) is 32.7. The normalized spacial score (nSPS) is 21.3. The Morgan fingerprint density at radius 3 is 1.33 bits per heavy atom. The van der Waals surface area contributed by atoms with Crippen molar-refractivity contribution in [1.82, 2.24) is 0 Å². The highest BCUT2D eigenvalue weighted by Crippen LogP contribution is 2.31. The molecule has 0 saturated carbocycles. The van der Waals surface area contributed by atoms with Crippen LogP contribution in [0.4, 0.5) is 0 Å². The molecule has 2 aliphatic heterocycles. The van der Waals surface area contributed by atoms with E-state index in [1.165, 1.54) is 51.4 Å². The van der Waals surface area contributed by atoms with E-state index in [1.54, 1.807) is 0 Å². The monoisotopic (exact) mass is 640 g/mol. The van der Waals surface area contributed by atoms with Crippen LogP contribution in [0, 0.1) is 0 Å². The number of hydrogen-bond donors (Lipinski definition) is 0. The Balaban J connectivity index is 0.000000251. The first kappa shape index (κ1) is 38.3. The molecular formula is C40H64O6. The van der Waals surface area contributed by atoms with Crippen LogP contribution in [-0.2, 0) is 18.9 Å². The summed E-state index contributed by atoms with van der Waals surface area (Å²) >= 11 is 0. The fraction of sp³-hybridized carbons (Fsp3) is 0.700. The minimum atomic E-state index is -0.218. The maximum absolute atomic E-state index is 6.15. The molecule has 6 heteroatoms. The van der Waals surface area contributed by atoms with Crippen molar-refractivity contribution in [3.63, 3.8) is 0 Å². The van der Waals surface area contributed by atoms with Crippen LogP contribution < -0.4 is 9.47 Å². The summed E-state index contributed by atoms with van der Waals surface area (Å²) < 4.78 is 35.2.